The summed E-state index contributed by atoms with van der Waals surface area (Å²) in [6, 6.07) is -1.57. The van der Waals surface area contributed by atoms with Gasteiger partial charge in [-0.05, 0) is 6.92 Å². The fourth-order valence-corrected chi connectivity index (χ4v) is 0.361. The molecule has 0 aromatic carbocycles. The third kappa shape index (κ3) is 7.78. The molecule has 13 heavy (non-hydrogen) atoms. The Hall–Kier alpha value is -2.12. The van der Waals surface area contributed by atoms with Gasteiger partial charge in [0.1, 0.15) is 0 Å². The van der Waals surface area contributed by atoms with Gasteiger partial charge in [0.25, 0.3) is 0 Å². The molecule has 8 nitrogen and oxygen atoms in total. The number of hydrazone groups is 2. The Morgan fingerprint density at radius 2 is 1.77 bits per heavy atom. The molecular weight excluding hydrogens is 176 g/mol. The van der Waals surface area contributed by atoms with E-state index in [1.165, 1.54) is 6.21 Å². The van der Waals surface area contributed by atoms with Gasteiger partial charge in [0, 0.05) is 0 Å². The molecule has 6 N–H and O–H groups in total. The van der Waals surface area contributed by atoms with Gasteiger partial charge in [-0.1, -0.05) is 0 Å². The Morgan fingerprint density at radius 3 is 2.23 bits per heavy atom. The zero-order valence-corrected chi connectivity index (χ0v) is 6.94. The smallest absolute Gasteiger partial charge is 0.332 e. The van der Waals surface area contributed by atoms with Crippen molar-refractivity contribution in [3.63, 3.8) is 0 Å². The van der Waals surface area contributed by atoms with Crippen molar-refractivity contribution in [1.82, 2.24) is 10.9 Å². The molecule has 0 atom stereocenters. The van der Waals surface area contributed by atoms with E-state index < -0.39 is 12.1 Å². The van der Waals surface area contributed by atoms with Crippen LogP contribution in [0.15, 0.2) is 10.2 Å². The van der Waals surface area contributed by atoms with Crippen molar-refractivity contribution in [2.24, 2.45) is 21.7 Å². The van der Waals surface area contributed by atoms with E-state index in [9.17, 15) is 9.59 Å². The van der Waals surface area contributed by atoms with Crippen LogP contribution >= 0.6 is 0 Å². The fraction of sp³-hybridized carbons (Fsp3) is 0.200. The highest BCUT2D eigenvalue weighted by Gasteiger charge is 1.89. The summed E-state index contributed by atoms with van der Waals surface area (Å²) < 4.78 is 0. The Balaban J connectivity index is 3.91. The quantitative estimate of drug-likeness (QED) is 0.321. The molecule has 0 unspecified atom stereocenters. The predicted octanol–water partition coefficient (Wildman–Crippen LogP) is -1.32. The molecule has 0 fully saturated rings. The molecule has 0 saturated heterocycles. The van der Waals surface area contributed by atoms with Crippen LogP contribution in [0.25, 0.3) is 0 Å². The maximum absolute atomic E-state index is 10.2. The molecule has 0 bridgehead atoms. The first kappa shape index (κ1) is 10.9. The van der Waals surface area contributed by atoms with E-state index in [-0.39, 0.29) is 0 Å². The highest BCUT2D eigenvalue weighted by molar-refractivity contribution is 6.29. The van der Waals surface area contributed by atoms with Crippen molar-refractivity contribution in [2.75, 3.05) is 0 Å². The number of amides is 4. The molecule has 0 aromatic heterocycles. The fourth-order valence-electron chi connectivity index (χ4n) is 0.361. The molecule has 8 heteroatoms. The molecular formula is C5H10N6O2. The molecule has 72 valence electrons. The maximum Gasteiger partial charge on any atom is 0.332 e. The Kier molecular flexibility index (Phi) is 4.62. The van der Waals surface area contributed by atoms with Crippen LogP contribution in [0.1, 0.15) is 6.92 Å². The minimum Gasteiger partial charge on any atom is -0.350 e. The highest BCUT2D eigenvalue weighted by atomic mass is 16.2. The minimum atomic E-state index is -0.785. The molecule has 0 aliphatic heterocycles. The van der Waals surface area contributed by atoms with Gasteiger partial charge in [0.05, 0.1) is 11.9 Å². The topological polar surface area (TPSA) is 135 Å². The summed E-state index contributed by atoms with van der Waals surface area (Å²) in [7, 11) is 0. The van der Waals surface area contributed by atoms with Crippen LogP contribution in [-0.2, 0) is 0 Å². The monoisotopic (exact) mass is 186 g/mol. The number of rotatable bonds is 3. The van der Waals surface area contributed by atoms with Gasteiger partial charge in [-0.2, -0.15) is 10.2 Å². The zero-order chi connectivity index (χ0) is 10.3. The van der Waals surface area contributed by atoms with Gasteiger partial charge in [-0.25, -0.2) is 20.4 Å². The van der Waals surface area contributed by atoms with Crippen LogP contribution in [0, 0.1) is 0 Å². The number of nitrogens with two attached hydrogens (primary N) is 2. The SMILES string of the molecule is CC(/C=N/NC(N)=O)=N/NC(N)=O. The van der Waals surface area contributed by atoms with Gasteiger partial charge in [-0.3, -0.25) is 0 Å². The first-order chi connectivity index (χ1) is 6.02. The van der Waals surface area contributed by atoms with Gasteiger partial charge in [0.2, 0.25) is 0 Å². The first-order valence-corrected chi connectivity index (χ1v) is 3.20. The number of primary amides is 2. The Morgan fingerprint density at radius 1 is 1.23 bits per heavy atom. The molecule has 0 rings (SSSR count). The van der Waals surface area contributed by atoms with E-state index in [1.54, 1.807) is 6.92 Å². The van der Waals surface area contributed by atoms with Crippen molar-refractivity contribution >= 4 is 24.0 Å². The summed E-state index contributed by atoms with van der Waals surface area (Å²) in [6.45, 7) is 1.54. The molecule has 0 aliphatic rings. The van der Waals surface area contributed by atoms with Gasteiger partial charge in [-0.15, -0.1) is 0 Å². The van der Waals surface area contributed by atoms with Crippen LogP contribution in [0.3, 0.4) is 0 Å². The van der Waals surface area contributed by atoms with Gasteiger partial charge in [0.15, 0.2) is 0 Å². The van der Waals surface area contributed by atoms with E-state index in [4.69, 9.17) is 11.5 Å². The first-order valence-electron chi connectivity index (χ1n) is 3.20. The van der Waals surface area contributed by atoms with Crippen LogP contribution < -0.4 is 22.3 Å². The molecule has 0 radical (unpaired) electrons. The largest absolute Gasteiger partial charge is 0.350 e. The van der Waals surface area contributed by atoms with E-state index in [0.717, 1.165) is 0 Å². The third-order valence-electron chi connectivity index (χ3n) is 0.769. The van der Waals surface area contributed by atoms with E-state index >= 15 is 0 Å². The van der Waals surface area contributed by atoms with Gasteiger partial charge < -0.3 is 11.5 Å². The van der Waals surface area contributed by atoms with E-state index in [2.05, 4.69) is 10.2 Å². The molecule has 0 spiro atoms. The lowest BCUT2D eigenvalue weighted by Gasteiger charge is -1.93. The normalized spacial score (nSPS) is 11.3. The molecule has 0 heterocycles. The lowest BCUT2D eigenvalue weighted by molar-refractivity contribution is 0.248. The van der Waals surface area contributed by atoms with Crippen molar-refractivity contribution in [1.29, 1.82) is 0 Å². The lowest BCUT2D eigenvalue weighted by atomic mass is 10.5. The second-order valence-electron chi connectivity index (χ2n) is 1.96. The summed E-state index contributed by atoms with van der Waals surface area (Å²) in [4.78, 5) is 20.3. The Bertz CT molecular complexity index is 258. The number of hydrogen-bond donors (Lipinski definition) is 4. The number of nitrogens with zero attached hydrogens (tertiary/aromatic N) is 2. The maximum atomic E-state index is 10.2. The average Bonchev–Trinajstić information content (AvgIpc) is 2.00. The number of urea groups is 2. The van der Waals surface area contributed by atoms with Crippen molar-refractivity contribution < 1.29 is 9.59 Å². The lowest BCUT2D eigenvalue weighted by Crippen LogP contribution is -2.26. The van der Waals surface area contributed by atoms with Crippen LogP contribution in [0.4, 0.5) is 9.59 Å². The molecule has 4 amide bonds. The second-order valence-corrected chi connectivity index (χ2v) is 1.96. The van der Waals surface area contributed by atoms with Crippen LogP contribution in [0.2, 0.25) is 0 Å². The average molecular weight is 186 g/mol. The molecule has 0 aliphatic carbocycles. The summed E-state index contributed by atoms with van der Waals surface area (Å²) in [5, 5.41) is 6.85. The van der Waals surface area contributed by atoms with Crippen molar-refractivity contribution in [3.05, 3.63) is 0 Å². The number of carbonyl (C=O) groups excluding carboxylic acids is 2. The number of nitrogens with one attached hydrogen (secondary N) is 2. The standard InChI is InChI=1S/C5H10N6O2/c1-3(9-11-5(7)13)2-8-10-4(6)12/h2H,1H3,(H3,6,10,12)(H3,7,11,13)/b8-2+,9-3-. The van der Waals surface area contributed by atoms with Crippen molar-refractivity contribution in [3.8, 4) is 0 Å². The molecule has 0 aromatic rings. The second kappa shape index (κ2) is 5.52. The van der Waals surface area contributed by atoms with Gasteiger partial charge >= 0.3 is 12.1 Å². The number of carbonyl (C=O) groups is 2. The Labute approximate surface area is 74.0 Å². The summed E-state index contributed by atoms with van der Waals surface area (Å²) in [6.07, 6.45) is 1.20. The molecule has 0 saturated carbocycles. The van der Waals surface area contributed by atoms with E-state index in [1.807, 2.05) is 10.9 Å². The van der Waals surface area contributed by atoms with Crippen LogP contribution in [0.5, 0.6) is 0 Å². The van der Waals surface area contributed by atoms with Crippen LogP contribution in [-0.4, -0.2) is 24.0 Å². The van der Waals surface area contributed by atoms with E-state index in [0.29, 0.717) is 5.71 Å². The summed E-state index contributed by atoms with van der Waals surface area (Å²) >= 11 is 0. The number of hydrogen-bond acceptors (Lipinski definition) is 4. The predicted molar refractivity (Wildman–Crippen MR) is 47.0 cm³/mol. The minimum absolute atomic E-state index is 0.354. The zero-order valence-electron chi connectivity index (χ0n) is 6.94. The third-order valence-corrected chi connectivity index (χ3v) is 0.769. The van der Waals surface area contributed by atoms with Crippen molar-refractivity contribution in [2.45, 2.75) is 6.92 Å². The summed E-state index contributed by atoms with van der Waals surface area (Å²) in [5.41, 5.74) is 13.7. The highest BCUT2D eigenvalue weighted by Crippen LogP contribution is 1.69. The summed E-state index contributed by atoms with van der Waals surface area (Å²) in [5.74, 6) is 0.